The molecular formula is C24H43NO17. The highest BCUT2D eigenvalue weighted by atomic mass is 16.8. The summed E-state index contributed by atoms with van der Waals surface area (Å²) in [7, 11) is 0. The fourth-order valence-electron chi connectivity index (χ4n) is 4.88. The summed E-state index contributed by atoms with van der Waals surface area (Å²) in [6, 6.07) is -0.936. The highest BCUT2D eigenvalue weighted by molar-refractivity contribution is 5.75. The lowest BCUT2D eigenvalue weighted by Crippen LogP contribution is -2.63. The van der Waals surface area contributed by atoms with Crippen molar-refractivity contribution in [1.82, 2.24) is 0 Å². The van der Waals surface area contributed by atoms with E-state index in [-0.39, 0.29) is 5.92 Å². The number of esters is 1. The summed E-state index contributed by atoms with van der Waals surface area (Å²) in [4.78, 5) is 12.2. The summed E-state index contributed by atoms with van der Waals surface area (Å²) >= 11 is 0. The first-order valence-corrected chi connectivity index (χ1v) is 13.5. The number of nitrogens with two attached hydrogens (primary N) is 1. The number of hydrogen-bond donors (Lipinski definition) is 11. The number of aliphatic hydroxyl groups excluding tert-OH is 10. The van der Waals surface area contributed by atoms with Gasteiger partial charge in [-0.25, -0.2) is 0 Å². The van der Waals surface area contributed by atoms with Crippen LogP contribution in [0, 0.1) is 5.92 Å². The summed E-state index contributed by atoms with van der Waals surface area (Å²) in [6.07, 6.45) is -22.1. The second kappa shape index (κ2) is 14.7. The van der Waals surface area contributed by atoms with Gasteiger partial charge >= 0.3 is 5.97 Å². The van der Waals surface area contributed by atoms with Crippen LogP contribution in [0.3, 0.4) is 0 Å². The van der Waals surface area contributed by atoms with Crippen LogP contribution in [0.15, 0.2) is 0 Å². The molecule has 18 heteroatoms. The van der Waals surface area contributed by atoms with E-state index in [1.807, 2.05) is 13.8 Å². The van der Waals surface area contributed by atoms with E-state index in [2.05, 4.69) is 0 Å². The van der Waals surface area contributed by atoms with Crippen LogP contribution < -0.4 is 5.73 Å². The van der Waals surface area contributed by atoms with E-state index < -0.39 is 124 Å². The third-order valence-corrected chi connectivity index (χ3v) is 7.40. The van der Waals surface area contributed by atoms with Crippen LogP contribution in [-0.4, -0.2) is 175 Å². The van der Waals surface area contributed by atoms with Gasteiger partial charge in [0.05, 0.1) is 13.2 Å². The Morgan fingerprint density at radius 2 is 1.33 bits per heavy atom. The van der Waals surface area contributed by atoms with Gasteiger partial charge in [-0.1, -0.05) is 13.8 Å². The Morgan fingerprint density at radius 3 is 1.86 bits per heavy atom. The standard InChI is InChI=1S/C24H43NO17/c1-8(2)3-9(25)21(36)37-5-11-13(28)16(31)18(33)22(39-11)38-6-12-14(29)17(32)19(34)23(40-12)42-24(7-27)20(35)15(30)10(4-26)41-24/h8-20,22-23,26-35H,3-7,25H2,1-2H3/t9-,10+,11+,12+,13-,14+,15+,16-,17-,18+,19+,20-,22?,23?,24-/m0/s1. The van der Waals surface area contributed by atoms with Crippen LogP contribution in [0.4, 0.5) is 0 Å². The lowest BCUT2D eigenvalue weighted by atomic mass is 9.98. The van der Waals surface area contributed by atoms with Gasteiger partial charge in [0.25, 0.3) is 0 Å². The summed E-state index contributed by atoms with van der Waals surface area (Å²) in [5.74, 6) is -3.06. The van der Waals surface area contributed by atoms with Crippen molar-refractivity contribution in [2.75, 3.05) is 26.4 Å². The van der Waals surface area contributed by atoms with Crippen molar-refractivity contribution >= 4 is 5.97 Å². The smallest absolute Gasteiger partial charge is 0.323 e. The Labute approximate surface area is 240 Å². The van der Waals surface area contributed by atoms with Crippen molar-refractivity contribution in [2.24, 2.45) is 11.7 Å². The molecule has 3 aliphatic heterocycles. The molecule has 0 aromatic carbocycles. The maximum Gasteiger partial charge on any atom is 0.323 e. The second-order valence-corrected chi connectivity index (χ2v) is 11.1. The van der Waals surface area contributed by atoms with Crippen LogP contribution in [0.1, 0.15) is 20.3 Å². The first-order chi connectivity index (χ1) is 19.7. The van der Waals surface area contributed by atoms with Crippen molar-refractivity contribution in [2.45, 2.75) is 112 Å². The molecule has 0 aliphatic carbocycles. The third kappa shape index (κ3) is 7.54. The maximum atomic E-state index is 12.2. The van der Waals surface area contributed by atoms with E-state index in [0.717, 1.165) is 0 Å². The Kier molecular flexibility index (Phi) is 12.4. The second-order valence-electron chi connectivity index (χ2n) is 11.1. The maximum absolute atomic E-state index is 12.2. The molecule has 0 saturated carbocycles. The quantitative estimate of drug-likeness (QED) is 0.0907. The summed E-state index contributed by atoms with van der Waals surface area (Å²) in [6.45, 7) is 0.642. The minimum absolute atomic E-state index is 0.106. The van der Waals surface area contributed by atoms with Gasteiger partial charge in [0.2, 0.25) is 5.79 Å². The molecular weight excluding hydrogens is 574 g/mol. The highest BCUT2D eigenvalue weighted by Gasteiger charge is 2.58. The number of carbonyl (C=O) groups excluding carboxylic acids is 1. The molecule has 3 fully saturated rings. The molecule has 0 bridgehead atoms. The fraction of sp³-hybridized carbons (Fsp3) is 0.958. The fourth-order valence-corrected chi connectivity index (χ4v) is 4.88. The first kappa shape index (κ1) is 35.3. The molecule has 2 unspecified atom stereocenters. The predicted octanol–water partition coefficient (Wildman–Crippen LogP) is -6.65. The molecule has 0 spiro atoms. The molecule has 0 aromatic heterocycles. The lowest BCUT2D eigenvalue weighted by molar-refractivity contribution is -0.388. The largest absolute Gasteiger partial charge is 0.462 e. The van der Waals surface area contributed by atoms with E-state index in [1.54, 1.807) is 0 Å². The van der Waals surface area contributed by atoms with E-state index in [1.165, 1.54) is 0 Å². The SMILES string of the molecule is CC(C)C[C@H](N)C(=O)OC[C@H]1OC(OC[C@H]2OC(O[C@]3(CO)O[C@H](CO)[C@@H](O)[C@@H]3O)[C@H](O)[C@@H](O)[C@@H]2O)[C@H](O)[C@@H](O)[C@H]1O. The highest BCUT2D eigenvalue weighted by Crippen LogP contribution is 2.36. The van der Waals surface area contributed by atoms with Crippen molar-refractivity contribution < 1.29 is 84.3 Å². The molecule has 0 aromatic rings. The average molecular weight is 618 g/mol. The van der Waals surface area contributed by atoms with E-state index in [0.29, 0.717) is 6.42 Å². The summed E-state index contributed by atoms with van der Waals surface area (Å²) < 4.78 is 32.1. The van der Waals surface area contributed by atoms with Crippen LogP contribution >= 0.6 is 0 Å². The van der Waals surface area contributed by atoms with Crippen molar-refractivity contribution in [3.8, 4) is 0 Å². The molecule has 3 heterocycles. The molecule has 3 aliphatic rings. The van der Waals surface area contributed by atoms with Gasteiger partial charge < -0.3 is 85.2 Å². The molecule has 12 N–H and O–H groups in total. The zero-order valence-corrected chi connectivity index (χ0v) is 23.1. The van der Waals surface area contributed by atoms with Gasteiger partial charge in [-0.05, 0) is 12.3 Å². The van der Waals surface area contributed by atoms with Crippen molar-refractivity contribution in [3.05, 3.63) is 0 Å². The molecule has 0 amide bonds. The van der Waals surface area contributed by atoms with Gasteiger partial charge in [-0.15, -0.1) is 0 Å². The monoisotopic (exact) mass is 617 g/mol. The van der Waals surface area contributed by atoms with Crippen LogP contribution in [0.25, 0.3) is 0 Å². The molecule has 3 saturated heterocycles. The number of hydrogen-bond acceptors (Lipinski definition) is 18. The molecule has 246 valence electrons. The van der Waals surface area contributed by atoms with Crippen molar-refractivity contribution in [3.63, 3.8) is 0 Å². The summed E-state index contributed by atoms with van der Waals surface area (Å²) in [5.41, 5.74) is 5.78. The first-order valence-electron chi connectivity index (χ1n) is 13.5. The third-order valence-electron chi connectivity index (χ3n) is 7.40. The van der Waals surface area contributed by atoms with Crippen LogP contribution in [-0.2, 0) is 33.2 Å². The van der Waals surface area contributed by atoms with Crippen LogP contribution in [0.2, 0.25) is 0 Å². The average Bonchev–Trinajstić information content (AvgIpc) is 3.20. The lowest BCUT2D eigenvalue weighted by Gasteiger charge is -2.44. The number of carbonyl (C=O) groups is 1. The Balaban J connectivity index is 1.64. The predicted molar refractivity (Wildman–Crippen MR) is 133 cm³/mol. The normalized spacial score (nSPS) is 45.2. The van der Waals surface area contributed by atoms with Gasteiger partial charge in [-0.2, -0.15) is 0 Å². The summed E-state index contributed by atoms with van der Waals surface area (Å²) in [5, 5.41) is 102. The molecule has 15 atom stereocenters. The molecule has 0 radical (unpaired) electrons. The number of aliphatic hydroxyl groups is 10. The van der Waals surface area contributed by atoms with Gasteiger partial charge in [0.1, 0.15) is 86.4 Å². The zero-order valence-electron chi connectivity index (χ0n) is 23.1. The Bertz CT molecular complexity index is 869. The topological polar surface area (TPSA) is 301 Å². The number of rotatable bonds is 12. The van der Waals surface area contributed by atoms with Crippen molar-refractivity contribution in [1.29, 1.82) is 0 Å². The zero-order chi connectivity index (χ0) is 31.5. The van der Waals surface area contributed by atoms with E-state index in [4.69, 9.17) is 34.2 Å². The molecule has 18 nitrogen and oxygen atoms in total. The van der Waals surface area contributed by atoms with Gasteiger partial charge in [0.15, 0.2) is 12.6 Å². The Hall–Kier alpha value is -1.17. The molecule has 42 heavy (non-hydrogen) atoms. The van der Waals surface area contributed by atoms with Gasteiger partial charge in [0, 0.05) is 0 Å². The minimum Gasteiger partial charge on any atom is -0.462 e. The Morgan fingerprint density at radius 1 is 0.786 bits per heavy atom. The van der Waals surface area contributed by atoms with Gasteiger partial charge in [-0.3, -0.25) is 4.79 Å². The molecule has 3 rings (SSSR count). The van der Waals surface area contributed by atoms with Crippen LogP contribution in [0.5, 0.6) is 0 Å². The minimum atomic E-state index is -2.39. The number of ether oxygens (including phenoxy) is 6. The van der Waals surface area contributed by atoms with E-state index in [9.17, 15) is 55.9 Å². The van der Waals surface area contributed by atoms with E-state index >= 15 is 0 Å².